The predicted octanol–water partition coefficient (Wildman–Crippen LogP) is 5.24. The van der Waals surface area contributed by atoms with Crippen LogP contribution in [0.4, 0.5) is 11.4 Å². The summed E-state index contributed by atoms with van der Waals surface area (Å²) in [6, 6.07) is 20.6. The van der Waals surface area contributed by atoms with Crippen LogP contribution in [0.15, 0.2) is 83.7 Å². The van der Waals surface area contributed by atoms with Gasteiger partial charge in [0.25, 0.3) is 11.8 Å². The van der Waals surface area contributed by atoms with Crippen molar-refractivity contribution in [2.75, 3.05) is 17.7 Å². The molecule has 0 saturated carbocycles. The Morgan fingerprint density at radius 3 is 1.82 bits per heavy atom. The fourth-order valence-electron chi connectivity index (χ4n) is 2.95. The van der Waals surface area contributed by atoms with Crippen molar-refractivity contribution >= 4 is 34.5 Å². The van der Waals surface area contributed by atoms with Crippen LogP contribution in [-0.2, 0) is 6.61 Å². The maximum absolute atomic E-state index is 12.5. The van der Waals surface area contributed by atoms with E-state index in [1.54, 1.807) is 85.4 Å². The second-order valence-corrected chi connectivity index (χ2v) is 7.73. The molecule has 0 aliphatic carbocycles. The van der Waals surface area contributed by atoms with Crippen LogP contribution in [0.5, 0.6) is 11.5 Å². The highest BCUT2D eigenvalue weighted by Gasteiger charge is 2.09. The summed E-state index contributed by atoms with van der Waals surface area (Å²) in [5, 5.41) is 7.58. The molecule has 0 spiro atoms. The van der Waals surface area contributed by atoms with Gasteiger partial charge < -0.3 is 20.1 Å². The minimum Gasteiger partial charge on any atom is -0.497 e. The molecule has 0 fully saturated rings. The fraction of sp³-hybridized carbons (Fsp3) is 0.0800. The Bertz CT molecular complexity index is 1210. The maximum atomic E-state index is 12.5. The molecule has 4 aromatic rings. The Morgan fingerprint density at radius 1 is 0.788 bits per heavy atom. The molecular formula is C25H21N3O4S. The number of nitrogens with one attached hydrogen (secondary N) is 2. The first kappa shape index (κ1) is 22.0. The molecule has 0 aliphatic rings. The third-order valence-corrected chi connectivity index (χ3v) is 5.37. The number of aromatic nitrogens is 1. The lowest BCUT2D eigenvalue weighted by molar-refractivity contribution is 0.102. The minimum atomic E-state index is -0.253. The molecule has 166 valence electrons. The van der Waals surface area contributed by atoms with Gasteiger partial charge in [-0.25, -0.2) is 4.98 Å². The summed E-state index contributed by atoms with van der Waals surface area (Å²) in [6.07, 6.45) is 0. The molecule has 0 bridgehead atoms. The van der Waals surface area contributed by atoms with Crippen molar-refractivity contribution in [3.05, 3.63) is 101 Å². The Hall–Kier alpha value is -4.17. The average Bonchev–Trinajstić information content (AvgIpc) is 3.38. The third-order valence-electron chi connectivity index (χ3n) is 4.74. The van der Waals surface area contributed by atoms with Crippen molar-refractivity contribution in [3.63, 3.8) is 0 Å². The van der Waals surface area contributed by atoms with Crippen LogP contribution in [-0.4, -0.2) is 23.9 Å². The van der Waals surface area contributed by atoms with Gasteiger partial charge in [0.2, 0.25) is 0 Å². The molecule has 1 aromatic heterocycles. The van der Waals surface area contributed by atoms with E-state index in [0.717, 1.165) is 5.69 Å². The van der Waals surface area contributed by atoms with Gasteiger partial charge in [-0.2, -0.15) is 0 Å². The van der Waals surface area contributed by atoms with E-state index in [-0.39, 0.29) is 11.8 Å². The topological polar surface area (TPSA) is 89.6 Å². The van der Waals surface area contributed by atoms with Crippen molar-refractivity contribution in [1.82, 2.24) is 4.98 Å². The second-order valence-electron chi connectivity index (χ2n) is 7.01. The van der Waals surface area contributed by atoms with Crippen LogP contribution in [0, 0.1) is 0 Å². The van der Waals surface area contributed by atoms with E-state index < -0.39 is 0 Å². The fourth-order valence-corrected chi connectivity index (χ4v) is 3.50. The minimum absolute atomic E-state index is 0.244. The van der Waals surface area contributed by atoms with E-state index >= 15 is 0 Å². The third kappa shape index (κ3) is 5.96. The number of amides is 2. The lowest BCUT2D eigenvalue weighted by Gasteiger charge is -2.09. The number of carbonyl (C=O) groups excluding carboxylic acids is 2. The molecule has 0 saturated heterocycles. The molecule has 0 atom stereocenters. The number of hydrogen-bond acceptors (Lipinski definition) is 6. The zero-order valence-electron chi connectivity index (χ0n) is 17.8. The van der Waals surface area contributed by atoms with E-state index in [2.05, 4.69) is 15.6 Å². The van der Waals surface area contributed by atoms with Crippen LogP contribution >= 0.6 is 11.3 Å². The van der Waals surface area contributed by atoms with E-state index in [4.69, 9.17) is 9.47 Å². The van der Waals surface area contributed by atoms with Crippen LogP contribution in [0.1, 0.15) is 26.4 Å². The molecule has 0 unspecified atom stereocenters. The summed E-state index contributed by atoms with van der Waals surface area (Å²) >= 11 is 1.52. The number of benzene rings is 3. The molecule has 4 rings (SSSR count). The lowest BCUT2D eigenvalue weighted by atomic mass is 10.1. The van der Waals surface area contributed by atoms with Crippen LogP contribution in [0.2, 0.25) is 0 Å². The van der Waals surface area contributed by atoms with Crippen molar-refractivity contribution < 1.29 is 19.1 Å². The Labute approximate surface area is 195 Å². The van der Waals surface area contributed by atoms with Gasteiger partial charge in [-0.3, -0.25) is 9.59 Å². The molecule has 7 nitrogen and oxygen atoms in total. The number of anilines is 2. The molecule has 3 aromatic carbocycles. The van der Waals surface area contributed by atoms with Crippen molar-refractivity contribution in [2.45, 2.75) is 6.61 Å². The van der Waals surface area contributed by atoms with E-state index in [9.17, 15) is 9.59 Å². The molecule has 2 N–H and O–H groups in total. The van der Waals surface area contributed by atoms with Gasteiger partial charge in [0.15, 0.2) is 0 Å². The van der Waals surface area contributed by atoms with Crippen LogP contribution in [0.25, 0.3) is 0 Å². The number of methoxy groups -OCH3 is 1. The quantitative estimate of drug-likeness (QED) is 0.376. The van der Waals surface area contributed by atoms with Crippen molar-refractivity contribution in [2.24, 2.45) is 0 Å². The zero-order chi connectivity index (χ0) is 23.0. The van der Waals surface area contributed by atoms with Crippen molar-refractivity contribution in [1.29, 1.82) is 0 Å². The number of nitrogens with zero attached hydrogens (tertiary/aromatic N) is 1. The molecule has 1 heterocycles. The van der Waals surface area contributed by atoms with E-state index in [1.807, 2.05) is 5.38 Å². The maximum Gasteiger partial charge on any atom is 0.255 e. The summed E-state index contributed by atoms with van der Waals surface area (Å²) in [7, 11) is 1.59. The largest absolute Gasteiger partial charge is 0.497 e. The van der Waals surface area contributed by atoms with E-state index in [1.165, 1.54) is 11.3 Å². The molecular weight excluding hydrogens is 438 g/mol. The van der Waals surface area contributed by atoms with Gasteiger partial charge in [0.1, 0.15) is 18.1 Å². The number of ether oxygens (including phenoxy) is 2. The standard InChI is InChI=1S/C25H21N3O4S/c1-31-22-12-8-20(9-13-22)28-24(29)17-2-6-19(7-3-17)27-25(30)18-4-10-23(11-5-18)32-14-21-15-33-16-26-21/h2-13,15-16H,14H2,1H3,(H,27,30)(H,28,29). The van der Waals surface area contributed by atoms with Gasteiger partial charge in [-0.1, -0.05) is 0 Å². The van der Waals surface area contributed by atoms with Crippen LogP contribution in [0.3, 0.4) is 0 Å². The summed E-state index contributed by atoms with van der Waals surface area (Å²) in [5.74, 6) is 0.875. The smallest absolute Gasteiger partial charge is 0.255 e. The molecule has 0 radical (unpaired) electrons. The normalized spacial score (nSPS) is 10.3. The Morgan fingerprint density at radius 2 is 1.30 bits per heavy atom. The lowest BCUT2D eigenvalue weighted by Crippen LogP contribution is -2.13. The van der Waals surface area contributed by atoms with Gasteiger partial charge in [0, 0.05) is 27.9 Å². The number of hydrogen-bond donors (Lipinski definition) is 2. The van der Waals surface area contributed by atoms with Gasteiger partial charge in [-0.15, -0.1) is 11.3 Å². The molecule has 8 heteroatoms. The van der Waals surface area contributed by atoms with E-state index in [0.29, 0.717) is 40.6 Å². The number of thiazole rings is 1. The van der Waals surface area contributed by atoms with Crippen molar-refractivity contribution in [3.8, 4) is 11.5 Å². The van der Waals surface area contributed by atoms with Crippen LogP contribution < -0.4 is 20.1 Å². The highest BCUT2D eigenvalue weighted by molar-refractivity contribution is 7.07. The highest BCUT2D eigenvalue weighted by Crippen LogP contribution is 2.18. The zero-order valence-corrected chi connectivity index (χ0v) is 18.6. The monoisotopic (exact) mass is 459 g/mol. The summed E-state index contributed by atoms with van der Waals surface area (Å²) in [6.45, 7) is 0.382. The molecule has 2 amide bonds. The summed E-state index contributed by atoms with van der Waals surface area (Å²) in [4.78, 5) is 29.1. The predicted molar refractivity (Wildman–Crippen MR) is 128 cm³/mol. The number of rotatable bonds is 8. The van der Waals surface area contributed by atoms with Gasteiger partial charge in [0.05, 0.1) is 18.3 Å². The Kier molecular flexibility index (Phi) is 6.96. The van der Waals surface area contributed by atoms with Gasteiger partial charge in [-0.05, 0) is 72.8 Å². The SMILES string of the molecule is COc1ccc(NC(=O)c2ccc(NC(=O)c3ccc(OCc4cscn4)cc3)cc2)cc1. The highest BCUT2D eigenvalue weighted by atomic mass is 32.1. The molecule has 33 heavy (non-hydrogen) atoms. The first-order valence-electron chi connectivity index (χ1n) is 10.1. The Balaban J connectivity index is 1.31. The number of carbonyl (C=O) groups is 2. The first-order chi connectivity index (χ1) is 16.1. The second kappa shape index (κ2) is 10.4. The summed E-state index contributed by atoms with van der Waals surface area (Å²) < 4.78 is 10.8. The molecule has 0 aliphatic heterocycles. The first-order valence-corrected chi connectivity index (χ1v) is 11.0. The average molecular weight is 460 g/mol. The summed E-state index contributed by atoms with van der Waals surface area (Å²) in [5.41, 5.74) is 4.85. The van der Waals surface area contributed by atoms with Gasteiger partial charge >= 0.3 is 0 Å².